The molecule has 2 N–H and O–H groups in total. The van der Waals surface area contributed by atoms with Crippen molar-refractivity contribution in [2.75, 3.05) is 6.61 Å². The average molecular weight is 256 g/mol. The van der Waals surface area contributed by atoms with Gasteiger partial charge in [-0.2, -0.15) is 5.10 Å². The first-order valence-electron chi connectivity index (χ1n) is 5.45. The lowest BCUT2D eigenvalue weighted by atomic mass is 10.3. The maximum absolute atomic E-state index is 11.6. The predicted octanol–water partition coefficient (Wildman–Crippen LogP) is -0.0949. The molecular formula is C10H16N4O4. The minimum absolute atomic E-state index is 0.0713. The lowest BCUT2D eigenvalue weighted by molar-refractivity contribution is -0.386. The molecule has 0 spiro atoms. The number of aliphatic hydroxyl groups is 1. The van der Waals surface area contributed by atoms with Crippen LogP contribution in [0.2, 0.25) is 0 Å². The molecule has 0 unspecified atom stereocenters. The topological polar surface area (TPSA) is 110 Å². The van der Waals surface area contributed by atoms with Gasteiger partial charge in [-0.05, 0) is 20.8 Å². The summed E-state index contributed by atoms with van der Waals surface area (Å²) in [5.41, 5.74) is 0.544. The summed E-state index contributed by atoms with van der Waals surface area (Å²) in [4.78, 5) is 21.8. The second kappa shape index (κ2) is 5.58. The number of nitrogens with zero attached hydrogens (tertiary/aromatic N) is 3. The zero-order valence-electron chi connectivity index (χ0n) is 10.5. The number of carbonyl (C=O) groups is 1. The van der Waals surface area contributed by atoms with Crippen molar-refractivity contribution in [2.45, 2.75) is 33.4 Å². The SMILES string of the molecule is Cc1nn(CC(=O)N[C@@H](C)CO)c(C)c1[N+](=O)[O-]. The second-order valence-electron chi connectivity index (χ2n) is 4.09. The molecule has 0 aliphatic carbocycles. The number of amides is 1. The molecule has 8 heteroatoms. The van der Waals surface area contributed by atoms with E-state index in [1.165, 1.54) is 11.6 Å². The third kappa shape index (κ3) is 3.04. The first kappa shape index (κ1) is 14.1. The van der Waals surface area contributed by atoms with E-state index in [4.69, 9.17) is 5.11 Å². The lowest BCUT2D eigenvalue weighted by Gasteiger charge is -2.10. The summed E-state index contributed by atoms with van der Waals surface area (Å²) in [5, 5.41) is 26.1. The quantitative estimate of drug-likeness (QED) is 0.564. The highest BCUT2D eigenvalue weighted by Gasteiger charge is 2.22. The fourth-order valence-corrected chi connectivity index (χ4v) is 1.61. The van der Waals surface area contributed by atoms with Gasteiger partial charge in [-0.15, -0.1) is 0 Å². The van der Waals surface area contributed by atoms with Crippen LogP contribution in [0.15, 0.2) is 0 Å². The Bertz CT molecular complexity index is 469. The molecule has 0 saturated carbocycles. The molecule has 18 heavy (non-hydrogen) atoms. The molecule has 0 aliphatic heterocycles. The maximum atomic E-state index is 11.6. The Kier molecular flexibility index (Phi) is 4.38. The highest BCUT2D eigenvalue weighted by Crippen LogP contribution is 2.21. The minimum atomic E-state index is -0.511. The summed E-state index contributed by atoms with van der Waals surface area (Å²) in [6.45, 7) is 4.45. The summed E-state index contributed by atoms with van der Waals surface area (Å²) in [6, 6.07) is -0.357. The van der Waals surface area contributed by atoms with E-state index in [0.29, 0.717) is 5.69 Å². The Hall–Kier alpha value is -1.96. The first-order valence-corrected chi connectivity index (χ1v) is 5.45. The van der Waals surface area contributed by atoms with Crippen LogP contribution in [-0.2, 0) is 11.3 Å². The van der Waals surface area contributed by atoms with E-state index in [9.17, 15) is 14.9 Å². The average Bonchev–Trinajstić information content (AvgIpc) is 2.53. The van der Waals surface area contributed by atoms with Gasteiger partial charge in [-0.1, -0.05) is 0 Å². The third-order valence-corrected chi connectivity index (χ3v) is 2.50. The van der Waals surface area contributed by atoms with Gasteiger partial charge in [-0.3, -0.25) is 19.6 Å². The number of hydrogen-bond donors (Lipinski definition) is 2. The molecule has 0 aromatic carbocycles. The van der Waals surface area contributed by atoms with Gasteiger partial charge in [0.1, 0.15) is 17.9 Å². The van der Waals surface area contributed by atoms with Crippen molar-refractivity contribution in [3.05, 3.63) is 21.5 Å². The smallest absolute Gasteiger partial charge is 0.312 e. The summed E-state index contributed by atoms with van der Waals surface area (Å²) >= 11 is 0. The molecule has 0 fully saturated rings. The standard InChI is InChI=1S/C10H16N4O4/c1-6(5-15)11-9(16)4-13-8(3)10(14(17)18)7(2)12-13/h6,15H,4-5H2,1-3H3,(H,11,16)/t6-/m0/s1. The van der Waals surface area contributed by atoms with Crippen molar-refractivity contribution in [3.8, 4) is 0 Å². The van der Waals surface area contributed by atoms with Crippen molar-refractivity contribution < 1.29 is 14.8 Å². The van der Waals surface area contributed by atoms with Crippen molar-refractivity contribution in [2.24, 2.45) is 0 Å². The Morgan fingerprint density at radius 3 is 2.67 bits per heavy atom. The number of rotatable bonds is 5. The molecule has 0 radical (unpaired) electrons. The second-order valence-corrected chi connectivity index (χ2v) is 4.09. The van der Waals surface area contributed by atoms with E-state index < -0.39 is 4.92 Å². The molecule has 1 rings (SSSR count). The molecule has 8 nitrogen and oxygen atoms in total. The van der Waals surface area contributed by atoms with Gasteiger partial charge in [0.05, 0.1) is 11.5 Å². The molecule has 0 aliphatic rings. The van der Waals surface area contributed by atoms with Crippen LogP contribution in [0.3, 0.4) is 0 Å². The molecule has 0 saturated heterocycles. The van der Waals surface area contributed by atoms with Crippen molar-refractivity contribution in [1.82, 2.24) is 15.1 Å². The number of hydrogen-bond acceptors (Lipinski definition) is 5. The highest BCUT2D eigenvalue weighted by molar-refractivity contribution is 5.76. The summed E-state index contributed by atoms with van der Waals surface area (Å²) in [7, 11) is 0. The van der Waals surface area contributed by atoms with Gasteiger partial charge in [0.15, 0.2) is 0 Å². The molecule has 1 amide bonds. The Labute approximate surface area is 104 Å². The fourth-order valence-electron chi connectivity index (χ4n) is 1.61. The molecule has 100 valence electrons. The Balaban J connectivity index is 2.83. The number of aryl methyl sites for hydroxylation is 1. The molecular weight excluding hydrogens is 240 g/mol. The number of carbonyl (C=O) groups excluding carboxylic acids is 1. The van der Waals surface area contributed by atoms with E-state index in [1.54, 1.807) is 13.8 Å². The van der Waals surface area contributed by atoms with Crippen LogP contribution in [0.1, 0.15) is 18.3 Å². The molecule has 1 atom stereocenters. The van der Waals surface area contributed by atoms with Gasteiger partial charge >= 0.3 is 5.69 Å². The van der Waals surface area contributed by atoms with Crippen molar-refractivity contribution >= 4 is 11.6 Å². The molecule has 1 heterocycles. The predicted molar refractivity (Wildman–Crippen MR) is 63.0 cm³/mol. The van der Waals surface area contributed by atoms with E-state index in [-0.39, 0.29) is 36.5 Å². The van der Waals surface area contributed by atoms with E-state index in [1.807, 2.05) is 0 Å². The Morgan fingerprint density at radius 2 is 2.22 bits per heavy atom. The first-order chi connectivity index (χ1) is 8.36. The molecule has 1 aromatic heterocycles. The highest BCUT2D eigenvalue weighted by atomic mass is 16.6. The van der Waals surface area contributed by atoms with Crippen LogP contribution >= 0.6 is 0 Å². The van der Waals surface area contributed by atoms with Crippen molar-refractivity contribution in [1.29, 1.82) is 0 Å². The van der Waals surface area contributed by atoms with Gasteiger partial charge in [0, 0.05) is 6.04 Å². The van der Waals surface area contributed by atoms with Crippen LogP contribution in [0.25, 0.3) is 0 Å². The summed E-state index contributed by atoms with van der Waals surface area (Å²) < 4.78 is 1.28. The van der Waals surface area contributed by atoms with E-state index in [2.05, 4.69) is 10.4 Å². The number of aromatic nitrogens is 2. The lowest BCUT2D eigenvalue weighted by Crippen LogP contribution is -2.37. The zero-order chi connectivity index (χ0) is 13.9. The zero-order valence-corrected chi connectivity index (χ0v) is 10.5. The third-order valence-electron chi connectivity index (χ3n) is 2.50. The number of nitrogens with one attached hydrogen (secondary N) is 1. The van der Waals surface area contributed by atoms with Gasteiger partial charge < -0.3 is 10.4 Å². The minimum Gasteiger partial charge on any atom is -0.394 e. The summed E-state index contributed by atoms with van der Waals surface area (Å²) in [5.74, 6) is -0.350. The van der Waals surface area contributed by atoms with Gasteiger partial charge in [0.2, 0.25) is 5.91 Å². The van der Waals surface area contributed by atoms with Crippen LogP contribution in [0.4, 0.5) is 5.69 Å². The van der Waals surface area contributed by atoms with Gasteiger partial charge in [-0.25, -0.2) is 0 Å². The van der Waals surface area contributed by atoms with E-state index >= 15 is 0 Å². The number of aliphatic hydroxyl groups excluding tert-OH is 1. The van der Waals surface area contributed by atoms with Crippen LogP contribution < -0.4 is 5.32 Å². The largest absolute Gasteiger partial charge is 0.394 e. The molecule has 0 bridgehead atoms. The molecule has 1 aromatic rings. The normalized spacial score (nSPS) is 12.2. The van der Waals surface area contributed by atoms with Crippen molar-refractivity contribution in [3.63, 3.8) is 0 Å². The monoisotopic (exact) mass is 256 g/mol. The van der Waals surface area contributed by atoms with Crippen LogP contribution in [0.5, 0.6) is 0 Å². The fraction of sp³-hybridized carbons (Fsp3) is 0.600. The van der Waals surface area contributed by atoms with Gasteiger partial charge in [0.25, 0.3) is 0 Å². The van der Waals surface area contributed by atoms with Crippen LogP contribution in [0, 0.1) is 24.0 Å². The maximum Gasteiger partial charge on any atom is 0.312 e. The van der Waals surface area contributed by atoms with Crippen LogP contribution in [-0.4, -0.2) is 38.4 Å². The van der Waals surface area contributed by atoms with E-state index in [0.717, 1.165) is 0 Å². The number of nitro groups is 1. The Morgan fingerprint density at radius 1 is 1.61 bits per heavy atom. The summed E-state index contributed by atoms with van der Waals surface area (Å²) in [6.07, 6.45) is 0.